The average Bonchev–Trinajstić information content (AvgIpc) is 2.39. The zero-order valence-electron chi connectivity index (χ0n) is 15.7. The molecule has 2 atom stereocenters. The lowest BCUT2D eigenvalue weighted by atomic mass is 9.75. The third-order valence-corrected chi connectivity index (χ3v) is 5.93. The van der Waals surface area contributed by atoms with E-state index in [1.807, 2.05) is 0 Å². The van der Waals surface area contributed by atoms with Crippen molar-refractivity contribution < 1.29 is 4.39 Å². The first-order valence-corrected chi connectivity index (χ1v) is 9.19. The summed E-state index contributed by atoms with van der Waals surface area (Å²) in [4.78, 5) is 4.83. The fourth-order valence-electron chi connectivity index (χ4n) is 4.08. The van der Waals surface area contributed by atoms with Crippen LogP contribution in [0.5, 0.6) is 0 Å². The average molecular weight is 313 g/mol. The molecule has 0 aromatic heterocycles. The summed E-state index contributed by atoms with van der Waals surface area (Å²) < 4.78 is 14.6. The normalized spacial score (nSPS) is 30.7. The quantitative estimate of drug-likeness (QED) is 0.754. The number of hydrogen-bond acceptors (Lipinski definition) is 2. The topological polar surface area (TPSA) is 6.48 Å². The van der Waals surface area contributed by atoms with E-state index in [1.54, 1.807) is 0 Å². The molecule has 0 aliphatic carbocycles. The first kappa shape index (κ1) is 18.2. The summed E-state index contributed by atoms with van der Waals surface area (Å²) in [6.07, 6.45) is 2.91. The van der Waals surface area contributed by atoms with E-state index in [9.17, 15) is 4.39 Å². The molecule has 0 N–H and O–H groups in total. The maximum absolute atomic E-state index is 14.6. The van der Waals surface area contributed by atoms with E-state index in [4.69, 9.17) is 0 Å². The van der Waals surface area contributed by atoms with Crippen LogP contribution in [0.1, 0.15) is 60.8 Å². The van der Waals surface area contributed by atoms with Crippen LogP contribution in [-0.4, -0.2) is 54.2 Å². The van der Waals surface area contributed by atoms with Crippen LogP contribution in [-0.2, 0) is 0 Å². The van der Waals surface area contributed by atoms with Crippen molar-refractivity contribution >= 4 is 0 Å². The second-order valence-corrected chi connectivity index (χ2v) is 9.62. The van der Waals surface area contributed by atoms with Gasteiger partial charge in [0, 0.05) is 24.5 Å². The maximum Gasteiger partial charge on any atom is 0.117 e. The number of piperidine rings is 2. The van der Waals surface area contributed by atoms with E-state index < -0.39 is 6.17 Å². The minimum absolute atomic E-state index is 0.0976. The fourth-order valence-corrected chi connectivity index (χ4v) is 4.08. The molecule has 2 saturated heterocycles. The zero-order valence-corrected chi connectivity index (χ0v) is 15.7. The third-order valence-electron chi connectivity index (χ3n) is 5.93. The molecule has 2 heterocycles. The zero-order chi connectivity index (χ0) is 16.5. The third kappa shape index (κ3) is 4.67. The van der Waals surface area contributed by atoms with E-state index in [0.29, 0.717) is 12.0 Å². The summed E-state index contributed by atoms with van der Waals surface area (Å²) in [5.41, 5.74) is 0.521. The van der Waals surface area contributed by atoms with E-state index >= 15 is 0 Å². The van der Waals surface area contributed by atoms with Gasteiger partial charge in [-0.25, -0.2) is 4.39 Å². The van der Waals surface area contributed by atoms with Crippen LogP contribution >= 0.6 is 0 Å². The van der Waals surface area contributed by atoms with Crippen molar-refractivity contribution in [2.75, 3.05) is 32.7 Å². The Bertz CT molecular complexity index is 347. The van der Waals surface area contributed by atoms with Gasteiger partial charge in [0.15, 0.2) is 0 Å². The smallest absolute Gasteiger partial charge is 0.117 e. The highest BCUT2D eigenvalue weighted by atomic mass is 19.1. The molecular weight excluding hydrogens is 275 g/mol. The summed E-state index contributed by atoms with van der Waals surface area (Å²) in [5, 5.41) is 0. The molecule has 22 heavy (non-hydrogen) atoms. The van der Waals surface area contributed by atoms with Gasteiger partial charge in [-0.1, -0.05) is 20.8 Å². The van der Waals surface area contributed by atoms with E-state index in [0.717, 1.165) is 38.5 Å². The van der Waals surface area contributed by atoms with Crippen LogP contribution in [0.4, 0.5) is 4.39 Å². The summed E-state index contributed by atoms with van der Waals surface area (Å²) in [6.45, 7) is 18.6. The lowest BCUT2D eigenvalue weighted by Crippen LogP contribution is -2.53. The number of rotatable bonds is 2. The summed E-state index contributed by atoms with van der Waals surface area (Å²) >= 11 is 0. The van der Waals surface area contributed by atoms with Crippen LogP contribution in [0, 0.1) is 17.3 Å². The molecule has 2 aliphatic heterocycles. The molecule has 0 radical (unpaired) electrons. The van der Waals surface area contributed by atoms with Gasteiger partial charge in [-0.05, 0) is 71.0 Å². The Balaban J connectivity index is 1.79. The second kappa shape index (κ2) is 6.76. The molecule has 0 aromatic rings. The second-order valence-electron chi connectivity index (χ2n) is 9.62. The molecule has 0 amide bonds. The number of hydrogen-bond donors (Lipinski definition) is 0. The van der Waals surface area contributed by atoms with Crippen molar-refractivity contribution in [1.29, 1.82) is 0 Å². The van der Waals surface area contributed by atoms with Crippen molar-refractivity contribution in [3.63, 3.8) is 0 Å². The Morgan fingerprint density at radius 1 is 0.909 bits per heavy atom. The van der Waals surface area contributed by atoms with Gasteiger partial charge in [-0.15, -0.1) is 0 Å². The molecule has 2 aliphatic rings. The highest BCUT2D eigenvalue weighted by Crippen LogP contribution is 2.35. The maximum atomic E-state index is 14.6. The largest absolute Gasteiger partial charge is 0.303 e. The highest BCUT2D eigenvalue weighted by molar-refractivity contribution is 4.89. The standard InChI is InChI=1S/C19H37FN2/c1-18(2,3)16-8-10-21(11-9-16)13-15-7-12-22(14-17(15)20)19(4,5)6/h15-17H,7-14H2,1-6H3. The molecule has 2 nitrogen and oxygen atoms in total. The molecule has 2 rings (SSSR count). The minimum atomic E-state index is -0.659. The molecule has 0 aromatic carbocycles. The predicted octanol–water partition coefficient (Wildman–Crippen LogP) is 4.20. The monoisotopic (exact) mass is 312 g/mol. The van der Waals surface area contributed by atoms with E-state index in [2.05, 4.69) is 51.3 Å². The van der Waals surface area contributed by atoms with Crippen molar-refractivity contribution in [2.45, 2.75) is 72.5 Å². The van der Waals surface area contributed by atoms with Crippen LogP contribution < -0.4 is 0 Å². The van der Waals surface area contributed by atoms with Crippen LogP contribution in [0.15, 0.2) is 0 Å². The molecular formula is C19H37FN2. The summed E-state index contributed by atoms with van der Waals surface area (Å²) in [6, 6.07) is 0. The molecule has 0 saturated carbocycles. The van der Waals surface area contributed by atoms with Gasteiger partial charge < -0.3 is 4.90 Å². The SMILES string of the molecule is CC(C)(C)C1CCN(CC2CCN(C(C)(C)C)CC2F)CC1. The van der Waals surface area contributed by atoms with Gasteiger partial charge in [0.25, 0.3) is 0 Å². The van der Waals surface area contributed by atoms with Crippen molar-refractivity contribution in [3.05, 3.63) is 0 Å². The van der Waals surface area contributed by atoms with Crippen LogP contribution in [0.2, 0.25) is 0 Å². The summed E-state index contributed by atoms with van der Waals surface area (Å²) in [7, 11) is 0. The lowest BCUT2D eigenvalue weighted by molar-refractivity contribution is 0.00795. The van der Waals surface area contributed by atoms with Crippen molar-refractivity contribution in [3.8, 4) is 0 Å². The molecule has 2 fully saturated rings. The fraction of sp³-hybridized carbons (Fsp3) is 1.00. The van der Waals surface area contributed by atoms with Gasteiger partial charge in [0.05, 0.1) is 0 Å². The lowest BCUT2D eigenvalue weighted by Gasteiger charge is -2.45. The highest BCUT2D eigenvalue weighted by Gasteiger charge is 2.36. The van der Waals surface area contributed by atoms with Crippen LogP contribution in [0.25, 0.3) is 0 Å². The molecule has 3 heteroatoms. The van der Waals surface area contributed by atoms with E-state index in [1.165, 1.54) is 12.8 Å². The Hall–Kier alpha value is -0.150. The van der Waals surface area contributed by atoms with Gasteiger partial charge in [-0.2, -0.15) is 0 Å². The Labute approximate surface area is 137 Å². The molecule has 2 unspecified atom stereocenters. The van der Waals surface area contributed by atoms with Gasteiger partial charge in [-0.3, -0.25) is 4.90 Å². The van der Waals surface area contributed by atoms with E-state index in [-0.39, 0.29) is 11.5 Å². The van der Waals surface area contributed by atoms with Gasteiger partial charge in [0.1, 0.15) is 6.17 Å². The number of alkyl halides is 1. The molecule has 130 valence electrons. The first-order valence-electron chi connectivity index (χ1n) is 9.19. The number of likely N-dealkylation sites (tertiary alicyclic amines) is 2. The minimum Gasteiger partial charge on any atom is -0.303 e. The Kier molecular flexibility index (Phi) is 5.59. The Morgan fingerprint density at radius 3 is 1.95 bits per heavy atom. The molecule has 0 spiro atoms. The van der Waals surface area contributed by atoms with Crippen molar-refractivity contribution in [2.24, 2.45) is 17.3 Å². The molecule has 0 bridgehead atoms. The first-order chi connectivity index (χ1) is 10.1. The van der Waals surface area contributed by atoms with Gasteiger partial charge in [0.2, 0.25) is 0 Å². The Morgan fingerprint density at radius 2 is 1.50 bits per heavy atom. The van der Waals surface area contributed by atoms with Crippen LogP contribution in [0.3, 0.4) is 0 Å². The van der Waals surface area contributed by atoms with Crippen molar-refractivity contribution in [1.82, 2.24) is 9.80 Å². The number of nitrogens with zero attached hydrogens (tertiary/aromatic N) is 2. The predicted molar refractivity (Wildman–Crippen MR) is 92.9 cm³/mol. The summed E-state index contributed by atoms with van der Waals surface area (Å²) in [5.74, 6) is 1.07. The van der Waals surface area contributed by atoms with Gasteiger partial charge >= 0.3 is 0 Å². The number of halogens is 1.